The average Bonchev–Trinajstić information content (AvgIpc) is 3.18. The van der Waals surface area contributed by atoms with E-state index in [0.29, 0.717) is 6.54 Å². The molecule has 1 N–H and O–H groups in total. The van der Waals surface area contributed by atoms with Gasteiger partial charge in [-0.2, -0.15) is 0 Å². The molecule has 0 bridgehead atoms. The van der Waals surface area contributed by atoms with Crippen molar-refractivity contribution < 1.29 is 9.26 Å². The summed E-state index contributed by atoms with van der Waals surface area (Å²) < 4.78 is 11.0. The van der Waals surface area contributed by atoms with Gasteiger partial charge in [-0.15, -0.1) is 0 Å². The van der Waals surface area contributed by atoms with Crippen LogP contribution in [0.3, 0.4) is 0 Å². The van der Waals surface area contributed by atoms with Gasteiger partial charge in [-0.3, -0.25) is 9.89 Å². The summed E-state index contributed by atoms with van der Waals surface area (Å²) in [5, 5.41) is 7.43. The molecule has 1 aromatic carbocycles. The van der Waals surface area contributed by atoms with Gasteiger partial charge in [0.15, 0.2) is 5.96 Å². The fourth-order valence-corrected chi connectivity index (χ4v) is 3.18. The van der Waals surface area contributed by atoms with E-state index in [4.69, 9.17) is 9.26 Å². The van der Waals surface area contributed by atoms with Crippen LogP contribution in [0.1, 0.15) is 18.2 Å². The Kier molecular flexibility index (Phi) is 6.70. The number of hydrogen-bond acceptors (Lipinski definition) is 5. The summed E-state index contributed by atoms with van der Waals surface area (Å²) in [6.07, 6.45) is 1.67. The largest absolute Gasteiger partial charge is 0.489 e. The Bertz CT molecular complexity index is 724. The number of aryl methyl sites for hydroxylation is 1. The minimum atomic E-state index is 0.0521. The van der Waals surface area contributed by atoms with Crippen LogP contribution in [0.4, 0.5) is 0 Å². The van der Waals surface area contributed by atoms with Crippen molar-refractivity contribution in [1.29, 1.82) is 0 Å². The van der Waals surface area contributed by atoms with Gasteiger partial charge in [-0.1, -0.05) is 23.4 Å². The maximum absolute atomic E-state index is 6.04. The number of nitrogens with one attached hydrogen (secondary N) is 1. The molecule has 7 heteroatoms. The fourth-order valence-electron chi connectivity index (χ4n) is 3.18. The molecular weight excluding hydrogens is 342 g/mol. The Morgan fingerprint density at radius 1 is 1.26 bits per heavy atom. The summed E-state index contributed by atoms with van der Waals surface area (Å²) >= 11 is 0. The first-order chi connectivity index (χ1) is 13.2. The molecule has 0 radical (unpaired) electrons. The first kappa shape index (κ1) is 19.2. The standard InChI is InChI=1S/C20H29N5O2/c1-16-6-4-5-7-19(16)27-17(2)14-22-20(21-3)25-11-9-24(10-12-25)15-18-8-13-26-23-18/h4-8,13,17H,9-12,14-15H2,1-3H3,(H,21,22). The second-order valence-electron chi connectivity index (χ2n) is 6.88. The molecule has 2 aromatic rings. The number of para-hydroxylation sites is 1. The Morgan fingerprint density at radius 2 is 2.04 bits per heavy atom. The number of aromatic nitrogens is 1. The maximum atomic E-state index is 6.04. The van der Waals surface area contributed by atoms with Crippen molar-refractivity contribution in [2.24, 2.45) is 4.99 Å². The number of ether oxygens (including phenoxy) is 1. The van der Waals surface area contributed by atoms with Crippen LogP contribution >= 0.6 is 0 Å². The zero-order valence-electron chi connectivity index (χ0n) is 16.4. The lowest BCUT2D eigenvalue weighted by molar-refractivity contribution is 0.167. The van der Waals surface area contributed by atoms with Crippen molar-refractivity contribution in [3.05, 3.63) is 47.9 Å². The topological polar surface area (TPSA) is 66.1 Å². The number of benzene rings is 1. The summed E-state index contributed by atoms with van der Waals surface area (Å²) in [5.41, 5.74) is 2.13. The number of hydrogen-bond donors (Lipinski definition) is 1. The molecule has 0 aliphatic carbocycles. The van der Waals surface area contributed by atoms with Gasteiger partial charge < -0.3 is 19.5 Å². The Morgan fingerprint density at radius 3 is 2.70 bits per heavy atom. The highest BCUT2D eigenvalue weighted by Gasteiger charge is 2.20. The summed E-state index contributed by atoms with van der Waals surface area (Å²) in [7, 11) is 1.83. The van der Waals surface area contributed by atoms with Crippen molar-refractivity contribution in [3.63, 3.8) is 0 Å². The quantitative estimate of drug-likeness (QED) is 0.620. The lowest BCUT2D eigenvalue weighted by Gasteiger charge is -2.36. The molecule has 1 aromatic heterocycles. The average molecular weight is 371 g/mol. The summed E-state index contributed by atoms with van der Waals surface area (Å²) in [6, 6.07) is 10.0. The third-order valence-corrected chi connectivity index (χ3v) is 4.73. The fraction of sp³-hybridized carbons (Fsp3) is 0.500. The highest BCUT2D eigenvalue weighted by molar-refractivity contribution is 5.80. The summed E-state index contributed by atoms with van der Waals surface area (Å²) in [5.74, 6) is 1.86. The minimum Gasteiger partial charge on any atom is -0.489 e. The minimum absolute atomic E-state index is 0.0521. The normalized spacial score (nSPS) is 17.0. The molecule has 0 saturated carbocycles. The van der Waals surface area contributed by atoms with Gasteiger partial charge in [-0.25, -0.2) is 0 Å². The van der Waals surface area contributed by atoms with Gasteiger partial charge in [0.1, 0.15) is 18.1 Å². The Labute approximate surface area is 161 Å². The van der Waals surface area contributed by atoms with E-state index in [2.05, 4.69) is 45.2 Å². The molecule has 1 saturated heterocycles. The van der Waals surface area contributed by atoms with E-state index in [-0.39, 0.29) is 6.10 Å². The van der Waals surface area contributed by atoms with Crippen LogP contribution in [0, 0.1) is 6.92 Å². The third-order valence-electron chi connectivity index (χ3n) is 4.73. The van der Waals surface area contributed by atoms with Gasteiger partial charge in [-0.05, 0) is 25.5 Å². The molecule has 3 rings (SSSR count). The number of nitrogens with zero attached hydrogens (tertiary/aromatic N) is 4. The smallest absolute Gasteiger partial charge is 0.193 e. The molecular formula is C20H29N5O2. The highest BCUT2D eigenvalue weighted by atomic mass is 16.5. The second kappa shape index (κ2) is 9.41. The predicted molar refractivity (Wildman–Crippen MR) is 106 cm³/mol. The Balaban J connectivity index is 1.43. The van der Waals surface area contributed by atoms with Gasteiger partial charge >= 0.3 is 0 Å². The van der Waals surface area contributed by atoms with Crippen molar-refractivity contribution in [2.45, 2.75) is 26.5 Å². The SMILES string of the molecule is CN=C(NCC(C)Oc1ccccc1C)N1CCN(Cc2ccon2)CC1. The molecule has 0 amide bonds. The molecule has 7 nitrogen and oxygen atoms in total. The van der Waals surface area contributed by atoms with Crippen molar-refractivity contribution >= 4 is 5.96 Å². The second-order valence-corrected chi connectivity index (χ2v) is 6.88. The first-order valence-electron chi connectivity index (χ1n) is 9.45. The highest BCUT2D eigenvalue weighted by Crippen LogP contribution is 2.17. The molecule has 1 aliphatic heterocycles. The summed E-state index contributed by atoms with van der Waals surface area (Å²) in [4.78, 5) is 9.11. The van der Waals surface area contributed by atoms with Gasteiger partial charge in [0.05, 0.1) is 12.2 Å². The lowest BCUT2D eigenvalue weighted by Crippen LogP contribution is -2.53. The van der Waals surface area contributed by atoms with E-state index in [1.807, 2.05) is 31.3 Å². The van der Waals surface area contributed by atoms with E-state index < -0.39 is 0 Å². The van der Waals surface area contributed by atoms with Gasteiger partial charge in [0.2, 0.25) is 0 Å². The van der Waals surface area contributed by atoms with E-state index in [1.165, 1.54) is 0 Å². The van der Waals surface area contributed by atoms with Crippen molar-refractivity contribution in [1.82, 2.24) is 20.3 Å². The molecule has 27 heavy (non-hydrogen) atoms. The van der Waals surface area contributed by atoms with Crippen LogP contribution in [0.2, 0.25) is 0 Å². The molecule has 1 fully saturated rings. The Hall–Kier alpha value is -2.54. The molecule has 1 atom stereocenters. The monoisotopic (exact) mass is 371 g/mol. The lowest BCUT2D eigenvalue weighted by atomic mass is 10.2. The van der Waals surface area contributed by atoms with Crippen LogP contribution in [-0.4, -0.2) is 66.8 Å². The molecule has 0 spiro atoms. The van der Waals surface area contributed by atoms with Crippen LogP contribution in [0.25, 0.3) is 0 Å². The first-order valence-corrected chi connectivity index (χ1v) is 9.45. The molecule has 146 valence electrons. The third kappa shape index (κ3) is 5.47. The van der Waals surface area contributed by atoms with Crippen LogP contribution in [-0.2, 0) is 6.54 Å². The zero-order valence-corrected chi connectivity index (χ0v) is 16.4. The van der Waals surface area contributed by atoms with Crippen molar-refractivity contribution in [2.75, 3.05) is 39.8 Å². The van der Waals surface area contributed by atoms with Gasteiger partial charge in [0.25, 0.3) is 0 Å². The molecule has 2 heterocycles. The predicted octanol–water partition coefficient (Wildman–Crippen LogP) is 2.14. The summed E-state index contributed by atoms with van der Waals surface area (Å²) in [6.45, 7) is 9.49. The van der Waals surface area contributed by atoms with Gasteiger partial charge in [0, 0.05) is 45.8 Å². The number of piperazine rings is 1. The molecule has 1 aliphatic rings. The van der Waals surface area contributed by atoms with E-state index >= 15 is 0 Å². The van der Waals surface area contributed by atoms with Crippen LogP contribution in [0.15, 0.2) is 46.1 Å². The van der Waals surface area contributed by atoms with Crippen molar-refractivity contribution in [3.8, 4) is 5.75 Å². The number of rotatable bonds is 6. The molecule has 1 unspecified atom stereocenters. The van der Waals surface area contributed by atoms with E-state index in [0.717, 1.165) is 55.7 Å². The maximum Gasteiger partial charge on any atom is 0.193 e. The zero-order chi connectivity index (χ0) is 19.1. The van der Waals surface area contributed by atoms with E-state index in [9.17, 15) is 0 Å². The number of guanidine groups is 1. The van der Waals surface area contributed by atoms with Crippen LogP contribution < -0.4 is 10.1 Å². The number of aliphatic imine (C=N–C) groups is 1. The van der Waals surface area contributed by atoms with Crippen LogP contribution in [0.5, 0.6) is 5.75 Å². The van der Waals surface area contributed by atoms with E-state index in [1.54, 1.807) is 6.26 Å².